The molecule has 0 saturated heterocycles. The number of carbonyl (C=O) groups excluding carboxylic acids is 3. The highest BCUT2D eigenvalue weighted by molar-refractivity contribution is 6.33. The summed E-state index contributed by atoms with van der Waals surface area (Å²) in [5, 5.41) is 40.4. The summed E-state index contributed by atoms with van der Waals surface area (Å²) in [5.74, 6) is -4.06. The van der Waals surface area contributed by atoms with Gasteiger partial charge in [0.05, 0.1) is 29.2 Å². The van der Waals surface area contributed by atoms with Gasteiger partial charge < -0.3 is 25.2 Å². The van der Waals surface area contributed by atoms with E-state index in [2.05, 4.69) is 0 Å². The van der Waals surface area contributed by atoms with Crippen molar-refractivity contribution in [1.29, 1.82) is 0 Å². The summed E-state index contributed by atoms with van der Waals surface area (Å²) in [5.41, 5.74) is -1.11. The number of benzene rings is 3. The van der Waals surface area contributed by atoms with Crippen molar-refractivity contribution in [3.8, 4) is 23.0 Å². The van der Waals surface area contributed by atoms with E-state index in [1.165, 1.54) is 25.3 Å². The van der Waals surface area contributed by atoms with Crippen LogP contribution in [0.3, 0.4) is 0 Å². The van der Waals surface area contributed by atoms with Crippen LogP contribution in [0.15, 0.2) is 30.3 Å². The van der Waals surface area contributed by atoms with E-state index in [-0.39, 0.29) is 33.2 Å². The normalized spacial score (nSPS) is 12.6. The zero-order valence-electron chi connectivity index (χ0n) is 15.0. The highest BCUT2D eigenvalue weighted by Gasteiger charge is 2.38. The number of methoxy groups -OCH3 is 1. The summed E-state index contributed by atoms with van der Waals surface area (Å²) in [6, 6.07) is 6.51. The van der Waals surface area contributed by atoms with Crippen molar-refractivity contribution in [2.75, 3.05) is 13.7 Å². The molecule has 4 N–H and O–H groups in total. The molecule has 146 valence electrons. The SMILES string of the molecule is COc1cccc2c1C(=O)c1c(c(O)c3cc(C(=O)CO)cc(O)c3c1O)C2=O. The highest BCUT2D eigenvalue weighted by atomic mass is 16.5. The molecule has 0 unspecified atom stereocenters. The van der Waals surface area contributed by atoms with Crippen LogP contribution in [0, 0.1) is 0 Å². The second kappa shape index (κ2) is 6.32. The Hall–Kier alpha value is -3.91. The molecule has 0 aliphatic heterocycles. The fourth-order valence-corrected chi connectivity index (χ4v) is 3.64. The Morgan fingerprint density at radius 3 is 2.31 bits per heavy atom. The number of ketones is 3. The first-order valence-electron chi connectivity index (χ1n) is 8.46. The zero-order valence-corrected chi connectivity index (χ0v) is 15.0. The number of phenols is 3. The summed E-state index contributed by atoms with van der Waals surface area (Å²) in [4.78, 5) is 38.0. The predicted octanol–water partition coefficient (Wildman–Crippen LogP) is 1.92. The molecule has 3 aromatic carbocycles. The van der Waals surface area contributed by atoms with Gasteiger partial charge in [0.15, 0.2) is 11.6 Å². The summed E-state index contributed by atoms with van der Waals surface area (Å²) >= 11 is 0. The minimum atomic E-state index is -0.840. The van der Waals surface area contributed by atoms with Crippen LogP contribution in [-0.4, -0.2) is 51.5 Å². The number of ether oxygens (including phenoxy) is 1. The number of carbonyl (C=O) groups is 3. The van der Waals surface area contributed by atoms with Crippen LogP contribution in [0.4, 0.5) is 0 Å². The molecule has 0 amide bonds. The van der Waals surface area contributed by atoms with Crippen LogP contribution >= 0.6 is 0 Å². The van der Waals surface area contributed by atoms with Crippen LogP contribution < -0.4 is 4.74 Å². The lowest BCUT2D eigenvalue weighted by molar-refractivity contribution is 0.0903. The van der Waals surface area contributed by atoms with Crippen LogP contribution in [0.5, 0.6) is 23.0 Å². The number of hydrogen-bond acceptors (Lipinski definition) is 8. The van der Waals surface area contributed by atoms with E-state index in [9.17, 15) is 29.7 Å². The number of aromatic hydroxyl groups is 3. The van der Waals surface area contributed by atoms with Gasteiger partial charge in [-0.2, -0.15) is 0 Å². The monoisotopic (exact) mass is 394 g/mol. The lowest BCUT2D eigenvalue weighted by Gasteiger charge is -2.23. The third-order valence-electron chi connectivity index (χ3n) is 4.97. The van der Waals surface area contributed by atoms with E-state index >= 15 is 0 Å². The maximum Gasteiger partial charge on any atom is 0.202 e. The molecule has 3 aromatic rings. The highest BCUT2D eigenvalue weighted by Crippen LogP contribution is 2.48. The fraction of sp³-hybridized carbons (Fsp3) is 0.0952. The molecule has 0 aromatic heterocycles. The molecule has 8 nitrogen and oxygen atoms in total. The van der Waals surface area contributed by atoms with Gasteiger partial charge in [0.2, 0.25) is 5.78 Å². The van der Waals surface area contributed by atoms with Crippen molar-refractivity contribution in [2.45, 2.75) is 0 Å². The average Bonchev–Trinajstić information content (AvgIpc) is 2.72. The first-order valence-corrected chi connectivity index (χ1v) is 8.46. The van der Waals surface area contributed by atoms with Crippen molar-refractivity contribution >= 4 is 28.1 Å². The molecular weight excluding hydrogens is 380 g/mol. The van der Waals surface area contributed by atoms with Crippen LogP contribution in [0.25, 0.3) is 10.8 Å². The molecule has 0 spiro atoms. The Bertz CT molecular complexity index is 1260. The summed E-state index contributed by atoms with van der Waals surface area (Å²) in [6.45, 7) is -0.840. The van der Waals surface area contributed by atoms with Gasteiger partial charge in [0.25, 0.3) is 0 Å². The largest absolute Gasteiger partial charge is 0.507 e. The smallest absolute Gasteiger partial charge is 0.202 e. The molecule has 1 aliphatic carbocycles. The Balaban J connectivity index is 2.13. The molecule has 0 saturated carbocycles. The van der Waals surface area contributed by atoms with Crippen molar-refractivity contribution in [1.82, 2.24) is 0 Å². The molecule has 0 heterocycles. The van der Waals surface area contributed by atoms with Gasteiger partial charge in [-0.1, -0.05) is 12.1 Å². The van der Waals surface area contributed by atoms with Gasteiger partial charge in [-0.25, -0.2) is 0 Å². The van der Waals surface area contributed by atoms with E-state index in [4.69, 9.17) is 9.84 Å². The van der Waals surface area contributed by atoms with Crippen LogP contribution in [-0.2, 0) is 0 Å². The summed E-state index contributed by atoms with van der Waals surface area (Å²) in [7, 11) is 1.33. The van der Waals surface area contributed by atoms with Crippen molar-refractivity contribution in [2.24, 2.45) is 0 Å². The van der Waals surface area contributed by atoms with Gasteiger partial charge in [0, 0.05) is 16.5 Å². The van der Waals surface area contributed by atoms with Crippen LogP contribution in [0.1, 0.15) is 42.2 Å². The topological polar surface area (TPSA) is 141 Å². The van der Waals surface area contributed by atoms with Gasteiger partial charge in [-0.05, 0) is 18.2 Å². The first-order chi connectivity index (χ1) is 13.8. The quantitative estimate of drug-likeness (QED) is 0.305. The van der Waals surface area contributed by atoms with Crippen molar-refractivity contribution in [3.05, 3.63) is 58.1 Å². The predicted molar refractivity (Wildman–Crippen MR) is 100 cm³/mol. The number of phenolic OH excluding ortho intramolecular Hbond substituents is 3. The molecule has 0 radical (unpaired) electrons. The van der Waals surface area contributed by atoms with Crippen LogP contribution in [0.2, 0.25) is 0 Å². The van der Waals surface area contributed by atoms with Crippen molar-refractivity contribution in [3.63, 3.8) is 0 Å². The van der Waals surface area contributed by atoms with E-state index in [1.54, 1.807) is 0 Å². The molecular formula is C21H14O8. The average molecular weight is 394 g/mol. The molecule has 8 heteroatoms. The van der Waals surface area contributed by atoms with Gasteiger partial charge >= 0.3 is 0 Å². The molecule has 29 heavy (non-hydrogen) atoms. The Labute approximate surface area is 163 Å². The van der Waals surface area contributed by atoms with E-state index in [1.807, 2.05) is 0 Å². The minimum Gasteiger partial charge on any atom is -0.507 e. The van der Waals surface area contributed by atoms with E-state index in [0.29, 0.717) is 0 Å². The Kier molecular flexibility index (Phi) is 4.02. The summed E-state index contributed by atoms with van der Waals surface area (Å²) in [6.07, 6.45) is 0. The lowest BCUT2D eigenvalue weighted by atomic mass is 9.80. The number of hydrogen-bond donors (Lipinski definition) is 4. The number of aliphatic hydroxyl groups is 1. The maximum absolute atomic E-state index is 13.1. The molecule has 4 rings (SSSR count). The molecule has 0 bridgehead atoms. The lowest BCUT2D eigenvalue weighted by Crippen LogP contribution is -2.22. The fourth-order valence-electron chi connectivity index (χ4n) is 3.64. The number of rotatable bonds is 3. The second-order valence-electron chi connectivity index (χ2n) is 6.49. The van der Waals surface area contributed by atoms with Gasteiger partial charge in [-0.15, -0.1) is 0 Å². The third kappa shape index (κ3) is 2.39. The van der Waals surface area contributed by atoms with E-state index < -0.39 is 52.3 Å². The maximum atomic E-state index is 13.1. The second-order valence-corrected chi connectivity index (χ2v) is 6.49. The standard InChI is InChI=1S/C21H14O8/c1-29-13-4-2-3-9-15(13)21(28)17-16(18(9)25)19(26)10-5-8(12(24)7-22)6-11(23)14(10)20(17)27/h2-6,22-23,26-27H,7H2,1H3. The zero-order chi connectivity index (χ0) is 21.0. The number of fused-ring (bicyclic) bond motifs is 3. The van der Waals surface area contributed by atoms with Gasteiger partial charge in [0.1, 0.15) is 29.6 Å². The first kappa shape index (κ1) is 18.5. The van der Waals surface area contributed by atoms with Crippen molar-refractivity contribution < 1.29 is 39.5 Å². The van der Waals surface area contributed by atoms with E-state index in [0.717, 1.165) is 12.1 Å². The molecule has 1 aliphatic rings. The number of Topliss-reactive ketones (excluding diaryl/α,β-unsaturated/α-hetero) is 1. The van der Waals surface area contributed by atoms with Gasteiger partial charge in [-0.3, -0.25) is 14.4 Å². The molecule has 0 atom stereocenters. The Morgan fingerprint density at radius 1 is 0.966 bits per heavy atom. The Morgan fingerprint density at radius 2 is 1.66 bits per heavy atom. The molecule has 0 fully saturated rings. The number of aliphatic hydroxyl groups excluding tert-OH is 1. The summed E-state index contributed by atoms with van der Waals surface area (Å²) < 4.78 is 5.15. The third-order valence-corrected chi connectivity index (χ3v) is 4.97. The minimum absolute atomic E-state index is 0.0114.